The lowest BCUT2D eigenvalue weighted by Gasteiger charge is -2.50. The van der Waals surface area contributed by atoms with Crippen LogP contribution in [0.5, 0.6) is 23.0 Å². The zero-order chi connectivity index (χ0) is 28.0. The molecule has 6 heteroatoms. The largest absolute Gasteiger partial charge is 0.497 e. The van der Waals surface area contributed by atoms with E-state index in [2.05, 4.69) is 97.1 Å². The smallest absolute Gasteiger partial charge is 0.118 e. The highest BCUT2D eigenvalue weighted by Crippen LogP contribution is 2.70. The minimum atomic E-state index is -0.742. The highest BCUT2D eigenvalue weighted by atomic mass is 31.2. The van der Waals surface area contributed by atoms with Crippen LogP contribution in [0.1, 0.15) is 32.1 Å². The Morgan fingerprint density at radius 1 is 0.400 bits per heavy atom. The first kappa shape index (κ1) is 28.5. The molecule has 0 atom stereocenters. The number of rotatable bonds is 10. The number of benzene rings is 4. The molecule has 40 heavy (non-hydrogen) atoms. The summed E-state index contributed by atoms with van der Waals surface area (Å²) in [6, 6.07) is 35.3. The van der Waals surface area contributed by atoms with Crippen LogP contribution in [0.15, 0.2) is 97.1 Å². The monoisotopic (exact) mass is 572 g/mol. The first-order chi connectivity index (χ1) is 19.6. The highest BCUT2D eigenvalue weighted by molar-refractivity contribution is 7.91. The molecule has 4 aromatic rings. The fourth-order valence-electron chi connectivity index (χ4n) is 5.85. The van der Waals surface area contributed by atoms with E-state index in [9.17, 15) is 0 Å². The quantitative estimate of drug-likeness (QED) is 0.193. The first-order valence-electron chi connectivity index (χ1n) is 13.8. The summed E-state index contributed by atoms with van der Waals surface area (Å²) in [7, 11) is 5.45. The van der Waals surface area contributed by atoms with Gasteiger partial charge in [0.05, 0.1) is 28.4 Å². The van der Waals surface area contributed by atoms with E-state index >= 15 is 0 Å². The van der Waals surface area contributed by atoms with Crippen molar-refractivity contribution < 1.29 is 18.9 Å². The third-order valence-electron chi connectivity index (χ3n) is 7.81. The predicted molar refractivity (Wildman–Crippen MR) is 170 cm³/mol. The van der Waals surface area contributed by atoms with Gasteiger partial charge >= 0.3 is 0 Å². The molecule has 4 nitrogen and oxygen atoms in total. The molecule has 0 N–H and O–H groups in total. The maximum Gasteiger partial charge on any atom is 0.118 e. The van der Waals surface area contributed by atoms with Crippen LogP contribution in [0.25, 0.3) is 0 Å². The number of methoxy groups -OCH3 is 4. The molecular formula is C34H38O4P2. The fourth-order valence-corrected chi connectivity index (χ4v) is 13.9. The summed E-state index contributed by atoms with van der Waals surface area (Å²) in [4.78, 5) is 0.0648. The fraction of sp³-hybridized carbons (Fsp3) is 0.294. The molecule has 4 aromatic carbocycles. The highest BCUT2D eigenvalue weighted by Gasteiger charge is 2.48. The van der Waals surface area contributed by atoms with Crippen molar-refractivity contribution >= 4 is 37.1 Å². The normalized spacial score (nSPS) is 14.7. The van der Waals surface area contributed by atoms with Crippen molar-refractivity contribution in [1.29, 1.82) is 0 Å². The van der Waals surface area contributed by atoms with Crippen LogP contribution in [0.4, 0.5) is 0 Å². The maximum absolute atomic E-state index is 5.56. The molecule has 0 bridgehead atoms. The van der Waals surface area contributed by atoms with Crippen LogP contribution in [-0.2, 0) is 0 Å². The predicted octanol–water partition coefficient (Wildman–Crippen LogP) is 6.95. The van der Waals surface area contributed by atoms with E-state index < -0.39 is 15.8 Å². The zero-order valence-electron chi connectivity index (χ0n) is 23.8. The number of ether oxygens (including phenoxy) is 4. The number of hydrogen-bond acceptors (Lipinski definition) is 4. The third-order valence-corrected chi connectivity index (χ3v) is 14.8. The molecule has 0 spiro atoms. The Kier molecular flexibility index (Phi) is 9.30. The van der Waals surface area contributed by atoms with Gasteiger partial charge in [0, 0.05) is 4.90 Å². The molecule has 0 unspecified atom stereocenters. The van der Waals surface area contributed by atoms with Crippen molar-refractivity contribution in [3.8, 4) is 23.0 Å². The van der Waals surface area contributed by atoms with E-state index in [4.69, 9.17) is 18.9 Å². The summed E-state index contributed by atoms with van der Waals surface area (Å²) in [5.41, 5.74) is 0. The van der Waals surface area contributed by atoms with Crippen LogP contribution in [0, 0.1) is 0 Å². The van der Waals surface area contributed by atoms with Gasteiger partial charge in [-0.3, -0.25) is 0 Å². The van der Waals surface area contributed by atoms with Gasteiger partial charge < -0.3 is 18.9 Å². The van der Waals surface area contributed by atoms with Crippen LogP contribution in [0.3, 0.4) is 0 Å². The van der Waals surface area contributed by atoms with Gasteiger partial charge in [0.25, 0.3) is 0 Å². The second kappa shape index (κ2) is 13.1. The minimum Gasteiger partial charge on any atom is -0.497 e. The Morgan fingerprint density at radius 2 is 0.650 bits per heavy atom. The lowest BCUT2D eigenvalue weighted by atomic mass is 9.99. The van der Waals surface area contributed by atoms with Gasteiger partial charge in [-0.25, -0.2) is 0 Å². The second-order valence-electron chi connectivity index (χ2n) is 10.0. The molecule has 208 valence electrons. The standard InChI is InChI=1S/C34H38O4P2/c1-35-26-8-16-30(17-9-26)39(31-18-10-27(36-2)11-19-31)34(24-6-5-7-25-34)40(32-20-12-28(37-3)13-21-32)33-22-14-29(38-4)15-23-33/h8-23H,5-7,24-25H2,1-4H3. The molecule has 0 aliphatic heterocycles. The van der Waals surface area contributed by atoms with Gasteiger partial charge in [-0.15, -0.1) is 0 Å². The van der Waals surface area contributed by atoms with Crippen molar-refractivity contribution in [2.75, 3.05) is 28.4 Å². The van der Waals surface area contributed by atoms with Crippen molar-refractivity contribution in [3.05, 3.63) is 97.1 Å². The summed E-state index contributed by atoms with van der Waals surface area (Å²) in [5, 5.41) is 5.55. The average Bonchev–Trinajstić information content (AvgIpc) is 3.03. The third kappa shape index (κ3) is 5.85. The Morgan fingerprint density at radius 3 is 0.875 bits per heavy atom. The minimum absolute atomic E-state index is 0.0648. The molecule has 1 saturated carbocycles. The van der Waals surface area contributed by atoms with Gasteiger partial charge in [-0.2, -0.15) is 0 Å². The molecule has 1 fully saturated rings. The van der Waals surface area contributed by atoms with Crippen molar-refractivity contribution in [2.45, 2.75) is 37.0 Å². The second-order valence-corrected chi connectivity index (χ2v) is 15.5. The Hall–Kier alpha value is -3.06. The van der Waals surface area contributed by atoms with Gasteiger partial charge in [-0.1, -0.05) is 67.8 Å². The van der Waals surface area contributed by atoms with Crippen molar-refractivity contribution in [3.63, 3.8) is 0 Å². The molecule has 0 radical (unpaired) electrons. The van der Waals surface area contributed by atoms with Crippen molar-refractivity contribution in [2.24, 2.45) is 0 Å². The SMILES string of the molecule is COc1ccc(P(c2ccc(OC)cc2)C2(P(c3ccc(OC)cc3)c3ccc(OC)cc3)CCCCC2)cc1. The van der Waals surface area contributed by atoms with E-state index in [0.717, 1.165) is 23.0 Å². The molecule has 1 aliphatic carbocycles. The number of hydrogen-bond donors (Lipinski definition) is 0. The topological polar surface area (TPSA) is 36.9 Å². The van der Waals surface area contributed by atoms with E-state index in [1.807, 2.05) is 0 Å². The summed E-state index contributed by atoms with van der Waals surface area (Å²) >= 11 is 0. The average molecular weight is 573 g/mol. The summed E-state index contributed by atoms with van der Waals surface area (Å²) in [6.45, 7) is 0. The Bertz CT molecular complexity index is 1150. The van der Waals surface area contributed by atoms with Crippen LogP contribution in [0.2, 0.25) is 0 Å². The lowest BCUT2D eigenvalue weighted by Crippen LogP contribution is -2.40. The summed E-state index contributed by atoms with van der Waals surface area (Å²) in [6.07, 6.45) is 6.11. The molecule has 5 rings (SSSR count). The van der Waals surface area contributed by atoms with E-state index in [1.54, 1.807) is 28.4 Å². The molecule has 0 aromatic heterocycles. The Labute approximate surface area is 241 Å². The van der Waals surface area contributed by atoms with Crippen molar-refractivity contribution in [1.82, 2.24) is 0 Å². The van der Waals surface area contributed by atoms with Crippen LogP contribution >= 0.6 is 15.8 Å². The van der Waals surface area contributed by atoms with E-state index in [-0.39, 0.29) is 4.90 Å². The summed E-state index contributed by atoms with van der Waals surface area (Å²) < 4.78 is 22.2. The molecule has 0 heterocycles. The van der Waals surface area contributed by atoms with Crippen LogP contribution < -0.4 is 40.2 Å². The first-order valence-corrected chi connectivity index (χ1v) is 16.5. The van der Waals surface area contributed by atoms with Gasteiger partial charge in [0.15, 0.2) is 0 Å². The molecule has 0 saturated heterocycles. The van der Waals surface area contributed by atoms with Crippen LogP contribution in [-0.4, -0.2) is 33.3 Å². The van der Waals surface area contributed by atoms with Gasteiger partial charge in [-0.05, 0) is 98.4 Å². The van der Waals surface area contributed by atoms with Gasteiger partial charge in [0.2, 0.25) is 0 Å². The van der Waals surface area contributed by atoms with Gasteiger partial charge in [0.1, 0.15) is 23.0 Å². The molecular weight excluding hydrogens is 534 g/mol. The zero-order valence-corrected chi connectivity index (χ0v) is 25.6. The molecule has 0 amide bonds. The van der Waals surface area contributed by atoms with E-state index in [0.29, 0.717) is 0 Å². The summed E-state index contributed by atoms with van der Waals surface area (Å²) in [5.74, 6) is 3.55. The maximum atomic E-state index is 5.56. The Balaban J connectivity index is 1.75. The molecule has 1 aliphatic rings. The lowest BCUT2D eigenvalue weighted by molar-refractivity contribution is 0.415. The van der Waals surface area contributed by atoms with E-state index in [1.165, 1.54) is 53.3 Å².